The van der Waals surface area contributed by atoms with Crippen LogP contribution in [0, 0.1) is 5.82 Å². The lowest BCUT2D eigenvalue weighted by atomic mass is 10.1. The van der Waals surface area contributed by atoms with E-state index in [4.69, 9.17) is 9.47 Å². The van der Waals surface area contributed by atoms with E-state index in [0.717, 1.165) is 11.3 Å². The monoisotopic (exact) mass is 462 g/mol. The van der Waals surface area contributed by atoms with Crippen molar-refractivity contribution in [1.29, 1.82) is 0 Å². The molecule has 3 aromatic rings. The van der Waals surface area contributed by atoms with E-state index in [0.29, 0.717) is 34.5 Å². The molecule has 31 heavy (non-hydrogen) atoms. The molecule has 1 amide bonds. The van der Waals surface area contributed by atoms with E-state index in [-0.39, 0.29) is 35.9 Å². The minimum absolute atomic E-state index is 0.112. The number of thiophene rings is 1. The van der Waals surface area contributed by atoms with Crippen LogP contribution in [0.1, 0.15) is 21.5 Å². The molecule has 1 aromatic heterocycles. The van der Waals surface area contributed by atoms with Gasteiger partial charge in [0.05, 0.1) is 6.61 Å². The molecule has 2 aromatic carbocycles. The second-order valence-electron chi connectivity index (χ2n) is 6.78. The van der Waals surface area contributed by atoms with Crippen LogP contribution in [-0.2, 0) is 27.8 Å². The number of hydrogen-bond donors (Lipinski definition) is 2. The molecule has 0 unspecified atom stereocenters. The summed E-state index contributed by atoms with van der Waals surface area (Å²) >= 11 is 1.12. The van der Waals surface area contributed by atoms with Gasteiger partial charge in [0.2, 0.25) is 0 Å². The van der Waals surface area contributed by atoms with Crippen molar-refractivity contribution in [2.75, 3.05) is 18.1 Å². The van der Waals surface area contributed by atoms with Gasteiger partial charge in [0.25, 0.3) is 15.9 Å². The Kier molecular flexibility index (Phi) is 6.21. The maximum atomic E-state index is 13.8. The lowest BCUT2D eigenvalue weighted by molar-refractivity contribution is -0.0172. The van der Waals surface area contributed by atoms with Gasteiger partial charge in [-0.25, -0.2) is 12.8 Å². The van der Waals surface area contributed by atoms with Crippen molar-refractivity contribution >= 4 is 33.0 Å². The van der Waals surface area contributed by atoms with Crippen LogP contribution in [0.2, 0.25) is 0 Å². The van der Waals surface area contributed by atoms with Crippen LogP contribution in [0.25, 0.3) is 0 Å². The molecule has 0 bridgehead atoms. The SMILES string of the molecule is O=C(NCCc1cc(F)cc2c1OCOC2)c1ccc(NS(=O)(=O)c2cccs2)cc1. The highest BCUT2D eigenvalue weighted by atomic mass is 32.2. The standard InChI is InChI=1S/C21H19FN2O5S2/c22-17-10-15(20-16(11-17)12-28-13-29-20)7-8-23-21(25)14-3-5-18(6-4-14)24-31(26,27)19-2-1-9-30-19/h1-6,9-11,24H,7-8,12-13H2,(H,23,25). The average molecular weight is 463 g/mol. The highest BCUT2D eigenvalue weighted by Crippen LogP contribution is 2.29. The summed E-state index contributed by atoms with van der Waals surface area (Å²) in [6.45, 7) is 0.682. The van der Waals surface area contributed by atoms with Gasteiger partial charge >= 0.3 is 0 Å². The van der Waals surface area contributed by atoms with E-state index in [1.165, 1.54) is 42.5 Å². The van der Waals surface area contributed by atoms with Crippen molar-refractivity contribution in [2.24, 2.45) is 0 Å². The average Bonchev–Trinajstić information content (AvgIpc) is 3.30. The third kappa shape index (κ3) is 5.04. The largest absolute Gasteiger partial charge is 0.467 e. The molecule has 0 aliphatic carbocycles. The van der Waals surface area contributed by atoms with Gasteiger partial charge in [0, 0.05) is 23.4 Å². The number of carbonyl (C=O) groups excluding carboxylic acids is 1. The fourth-order valence-corrected chi connectivity index (χ4v) is 5.22. The number of benzene rings is 2. The van der Waals surface area contributed by atoms with Gasteiger partial charge in [-0.3, -0.25) is 9.52 Å². The number of amides is 1. The number of hydrogen-bond acceptors (Lipinski definition) is 6. The third-order valence-corrected chi connectivity index (χ3v) is 7.37. The number of halogens is 1. The fraction of sp³-hybridized carbons (Fsp3) is 0.190. The second-order valence-corrected chi connectivity index (χ2v) is 9.64. The van der Waals surface area contributed by atoms with Crippen molar-refractivity contribution in [3.63, 3.8) is 0 Å². The molecule has 4 rings (SSSR count). The molecule has 0 radical (unpaired) electrons. The van der Waals surface area contributed by atoms with E-state index in [2.05, 4.69) is 10.0 Å². The third-order valence-electron chi connectivity index (χ3n) is 4.59. The quantitative estimate of drug-likeness (QED) is 0.560. The van der Waals surface area contributed by atoms with Crippen molar-refractivity contribution in [3.05, 3.63) is 76.4 Å². The molecule has 0 saturated heterocycles. The normalized spacial score (nSPS) is 13.2. The zero-order chi connectivity index (χ0) is 21.8. The maximum Gasteiger partial charge on any atom is 0.271 e. The molecule has 0 atom stereocenters. The summed E-state index contributed by atoms with van der Waals surface area (Å²) in [6, 6.07) is 12.1. The van der Waals surface area contributed by atoms with Gasteiger partial charge in [0.15, 0.2) is 6.79 Å². The Morgan fingerprint density at radius 3 is 2.71 bits per heavy atom. The molecular weight excluding hydrogens is 443 g/mol. The molecule has 2 N–H and O–H groups in total. The topological polar surface area (TPSA) is 93.7 Å². The first-order valence-corrected chi connectivity index (χ1v) is 11.7. The number of fused-ring (bicyclic) bond motifs is 1. The summed E-state index contributed by atoms with van der Waals surface area (Å²) in [6.07, 6.45) is 0.393. The first-order valence-electron chi connectivity index (χ1n) is 9.39. The van der Waals surface area contributed by atoms with Gasteiger partial charge in [-0.15, -0.1) is 11.3 Å². The van der Waals surface area contributed by atoms with E-state index in [1.807, 2.05) is 0 Å². The first-order chi connectivity index (χ1) is 14.9. The number of anilines is 1. The highest BCUT2D eigenvalue weighted by Gasteiger charge is 2.18. The van der Waals surface area contributed by atoms with Crippen LogP contribution in [0.3, 0.4) is 0 Å². The smallest absolute Gasteiger partial charge is 0.271 e. The molecule has 7 nitrogen and oxygen atoms in total. The Hall–Kier alpha value is -2.95. The van der Waals surface area contributed by atoms with Crippen molar-refractivity contribution in [2.45, 2.75) is 17.2 Å². The van der Waals surface area contributed by atoms with Gasteiger partial charge in [0.1, 0.15) is 15.8 Å². The Morgan fingerprint density at radius 1 is 1.16 bits per heavy atom. The highest BCUT2D eigenvalue weighted by molar-refractivity contribution is 7.94. The Bertz CT molecular complexity index is 1180. The predicted octanol–water partition coefficient (Wildman–Crippen LogP) is 3.53. The Labute approximate surface area is 182 Å². The van der Waals surface area contributed by atoms with Crippen LogP contribution < -0.4 is 14.8 Å². The van der Waals surface area contributed by atoms with Gasteiger partial charge in [-0.1, -0.05) is 6.07 Å². The molecule has 10 heteroatoms. The molecule has 1 aliphatic heterocycles. The number of sulfonamides is 1. The maximum absolute atomic E-state index is 13.8. The molecule has 2 heterocycles. The van der Waals surface area contributed by atoms with Gasteiger partial charge in [-0.05, 0) is 59.8 Å². The van der Waals surface area contributed by atoms with E-state index in [9.17, 15) is 17.6 Å². The van der Waals surface area contributed by atoms with Crippen molar-refractivity contribution in [3.8, 4) is 5.75 Å². The zero-order valence-corrected chi connectivity index (χ0v) is 17.9. The van der Waals surface area contributed by atoms with Crippen LogP contribution in [0.5, 0.6) is 5.75 Å². The fourth-order valence-electron chi connectivity index (χ4n) is 3.17. The molecule has 0 spiro atoms. The van der Waals surface area contributed by atoms with Gasteiger partial charge < -0.3 is 14.8 Å². The lowest BCUT2D eigenvalue weighted by Gasteiger charge is -2.21. The van der Waals surface area contributed by atoms with Crippen LogP contribution >= 0.6 is 11.3 Å². The summed E-state index contributed by atoms with van der Waals surface area (Å²) in [5.74, 6) is -0.0961. The van der Waals surface area contributed by atoms with Gasteiger partial charge in [-0.2, -0.15) is 0 Å². The Morgan fingerprint density at radius 2 is 1.97 bits per heavy atom. The predicted molar refractivity (Wildman–Crippen MR) is 114 cm³/mol. The second kappa shape index (κ2) is 9.04. The summed E-state index contributed by atoms with van der Waals surface area (Å²) in [4.78, 5) is 12.4. The Balaban J connectivity index is 1.35. The molecule has 1 aliphatic rings. The minimum atomic E-state index is -3.64. The summed E-state index contributed by atoms with van der Waals surface area (Å²) in [5.41, 5.74) is 2.05. The van der Waals surface area contributed by atoms with E-state index in [1.54, 1.807) is 11.4 Å². The summed E-state index contributed by atoms with van der Waals surface area (Å²) in [5, 5.41) is 4.46. The van der Waals surface area contributed by atoms with Crippen LogP contribution in [0.4, 0.5) is 10.1 Å². The number of ether oxygens (including phenoxy) is 2. The van der Waals surface area contributed by atoms with E-state index >= 15 is 0 Å². The van der Waals surface area contributed by atoms with Crippen molar-refractivity contribution < 1.29 is 27.1 Å². The molecule has 162 valence electrons. The van der Waals surface area contributed by atoms with E-state index < -0.39 is 10.0 Å². The number of rotatable bonds is 7. The molecular formula is C21H19FN2O5S2. The van der Waals surface area contributed by atoms with Crippen LogP contribution in [-0.4, -0.2) is 27.7 Å². The zero-order valence-electron chi connectivity index (χ0n) is 16.3. The minimum Gasteiger partial charge on any atom is -0.467 e. The van der Waals surface area contributed by atoms with Crippen LogP contribution in [0.15, 0.2) is 58.1 Å². The summed E-state index contributed by atoms with van der Waals surface area (Å²) < 4.78 is 51.7. The number of carbonyl (C=O) groups is 1. The lowest BCUT2D eigenvalue weighted by Crippen LogP contribution is -2.26. The first kappa shape index (κ1) is 21.3. The molecule has 0 saturated carbocycles. The number of nitrogens with one attached hydrogen (secondary N) is 2. The van der Waals surface area contributed by atoms with Crippen molar-refractivity contribution in [1.82, 2.24) is 5.32 Å². The molecule has 0 fully saturated rings. The summed E-state index contributed by atoms with van der Waals surface area (Å²) in [7, 11) is -3.64.